The Morgan fingerprint density at radius 2 is 1.85 bits per heavy atom. The number of benzene rings is 1. The molecule has 0 amide bonds. The summed E-state index contributed by atoms with van der Waals surface area (Å²) in [5.41, 5.74) is 4.89. The lowest BCUT2D eigenvalue weighted by atomic mass is 10.1. The van der Waals surface area contributed by atoms with Crippen molar-refractivity contribution >= 4 is 0 Å². The van der Waals surface area contributed by atoms with E-state index in [1.807, 2.05) is 0 Å². The molecule has 0 unspecified atom stereocenters. The van der Waals surface area contributed by atoms with E-state index in [1.54, 1.807) is 6.07 Å². The van der Waals surface area contributed by atoms with E-state index in [9.17, 15) is 13.2 Å². The summed E-state index contributed by atoms with van der Waals surface area (Å²) >= 11 is 0. The Labute approximate surface area is 113 Å². The normalized spacial score (nSPS) is 11.4. The van der Waals surface area contributed by atoms with Crippen molar-refractivity contribution in [1.82, 2.24) is 9.97 Å². The fourth-order valence-electron chi connectivity index (χ4n) is 1.60. The molecule has 0 saturated carbocycles. The van der Waals surface area contributed by atoms with Gasteiger partial charge in [-0.3, -0.25) is 0 Å². The van der Waals surface area contributed by atoms with E-state index in [-0.39, 0.29) is 18.9 Å². The minimum absolute atomic E-state index is 0.0329. The van der Waals surface area contributed by atoms with E-state index < -0.39 is 11.7 Å². The number of nitrogens with two attached hydrogens (primary N) is 1. The second-order valence-electron chi connectivity index (χ2n) is 3.99. The first-order valence-corrected chi connectivity index (χ1v) is 5.79. The molecule has 0 aliphatic carbocycles. The average molecular weight is 283 g/mol. The maximum absolute atomic E-state index is 12.9. The molecule has 1 aromatic carbocycles. The second-order valence-corrected chi connectivity index (χ2v) is 3.99. The van der Waals surface area contributed by atoms with Crippen LogP contribution in [0.15, 0.2) is 36.7 Å². The van der Waals surface area contributed by atoms with E-state index in [0.717, 1.165) is 6.07 Å². The summed E-state index contributed by atoms with van der Waals surface area (Å²) in [5.74, 6) is 0.0469. The van der Waals surface area contributed by atoms with E-state index >= 15 is 0 Å². The third-order valence-electron chi connectivity index (χ3n) is 2.56. The smallest absolute Gasteiger partial charge is 0.419 e. The zero-order chi connectivity index (χ0) is 14.6. The molecule has 2 aromatic rings. The highest BCUT2D eigenvalue weighted by Gasteiger charge is 2.34. The monoisotopic (exact) mass is 283 g/mol. The number of alkyl halides is 3. The maximum Gasteiger partial charge on any atom is 0.419 e. The van der Waals surface area contributed by atoms with Gasteiger partial charge in [-0.05, 0) is 23.8 Å². The fraction of sp³-hybridized carbons (Fsp3) is 0.231. The topological polar surface area (TPSA) is 61.0 Å². The third-order valence-corrected chi connectivity index (χ3v) is 2.56. The lowest BCUT2D eigenvalue weighted by Crippen LogP contribution is -2.11. The zero-order valence-corrected chi connectivity index (χ0v) is 10.4. The van der Waals surface area contributed by atoms with Crippen molar-refractivity contribution in [1.29, 1.82) is 0 Å². The standard InChI is InChI=1S/C13H12F3N3O/c14-13(15,16)10-6-9(7-17)2-3-11(10)20-8-12-18-4-1-5-19-12/h1-6H,7-8,17H2. The number of aromatic nitrogens is 2. The van der Waals surface area contributed by atoms with Crippen LogP contribution in [0.3, 0.4) is 0 Å². The van der Waals surface area contributed by atoms with Crippen LogP contribution in [0.1, 0.15) is 17.0 Å². The van der Waals surface area contributed by atoms with Gasteiger partial charge in [-0.1, -0.05) is 6.07 Å². The molecule has 0 bridgehead atoms. The lowest BCUT2D eigenvalue weighted by Gasteiger charge is -2.14. The van der Waals surface area contributed by atoms with Crippen molar-refractivity contribution in [2.24, 2.45) is 5.73 Å². The predicted octanol–water partition coefficient (Wildman–Crippen LogP) is 2.53. The molecular weight excluding hydrogens is 271 g/mol. The van der Waals surface area contributed by atoms with Crippen LogP contribution in [0.25, 0.3) is 0 Å². The molecule has 0 spiro atoms. The third kappa shape index (κ3) is 3.45. The molecule has 1 aromatic heterocycles. The largest absolute Gasteiger partial charge is 0.485 e. The first-order chi connectivity index (χ1) is 9.50. The molecule has 0 fully saturated rings. The van der Waals surface area contributed by atoms with Crippen molar-refractivity contribution in [3.05, 3.63) is 53.6 Å². The van der Waals surface area contributed by atoms with Gasteiger partial charge in [0.05, 0.1) is 5.56 Å². The number of nitrogens with zero attached hydrogens (tertiary/aromatic N) is 2. The predicted molar refractivity (Wildman–Crippen MR) is 65.7 cm³/mol. The maximum atomic E-state index is 12.9. The van der Waals surface area contributed by atoms with Crippen LogP contribution in [0.4, 0.5) is 13.2 Å². The van der Waals surface area contributed by atoms with Gasteiger partial charge in [-0.15, -0.1) is 0 Å². The highest BCUT2D eigenvalue weighted by molar-refractivity contribution is 5.39. The minimum atomic E-state index is -4.50. The van der Waals surface area contributed by atoms with Crippen LogP contribution in [0.5, 0.6) is 5.75 Å². The zero-order valence-electron chi connectivity index (χ0n) is 10.4. The van der Waals surface area contributed by atoms with Crippen molar-refractivity contribution in [2.75, 3.05) is 0 Å². The Balaban J connectivity index is 2.23. The van der Waals surface area contributed by atoms with Gasteiger partial charge in [0.1, 0.15) is 12.4 Å². The molecule has 20 heavy (non-hydrogen) atoms. The van der Waals surface area contributed by atoms with E-state index in [0.29, 0.717) is 11.4 Å². The molecular formula is C13H12F3N3O. The van der Waals surface area contributed by atoms with Gasteiger partial charge < -0.3 is 10.5 Å². The van der Waals surface area contributed by atoms with E-state index in [4.69, 9.17) is 10.5 Å². The number of hydrogen-bond acceptors (Lipinski definition) is 4. The molecule has 106 valence electrons. The van der Waals surface area contributed by atoms with Crippen molar-refractivity contribution in [3.8, 4) is 5.75 Å². The molecule has 2 rings (SSSR count). The molecule has 0 aliphatic rings. The molecule has 1 heterocycles. The molecule has 2 N–H and O–H groups in total. The quantitative estimate of drug-likeness (QED) is 0.936. The molecule has 0 atom stereocenters. The molecule has 0 radical (unpaired) electrons. The van der Waals surface area contributed by atoms with Crippen molar-refractivity contribution < 1.29 is 17.9 Å². The molecule has 7 heteroatoms. The second kappa shape index (κ2) is 5.87. The van der Waals surface area contributed by atoms with Crippen LogP contribution in [-0.2, 0) is 19.3 Å². The van der Waals surface area contributed by atoms with E-state index in [2.05, 4.69) is 9.97 Å². The average Bonchev–Trinajstić information content (AvgIpc) is 2.45. The molecule has 4 nitrogen and oxygen atoms in total. The summed E-state index contributed by atoms with van der Waals surface area (Å²) in [6, 6.07) is 5.35. The van der Waals surface area contributed by atoms with Gasteiger partial charge in [0.15, 0.2) is 5.82 Å². The van der Waals surface area contributed by atoms with Gasteiger partial charge in [0.2, 0.25) is 0 Å². The van der Waals surface area contributed by atoms with E-state index in [1.165, 1.54) is 24.5 Å². The summed E-state index contributed by atoms with van der Waals surface area (Å²) < 4.78 is 44.0. The van der Waals surface area contributed by atoms with Crippen LogP contribution in [0, 0.1) is 0 Å². The van der Waals surface area contributed by atoms with Crippen LogP contribution in [-0.4, -0.2) is 9.97 Å². The van der Waals surface area contributed by atoms with Gasteiger partial charge >= 0.3 is 6.18 Å². The van der Waals surface area contributed by atoms with Crippen LogP contribution in [0.2, 0.25) is 0 Å². The Hall–Kier alpha value is -2.15. The Kier molecular flexibility index (Phi) is 4.19. The Bertz CT molecular complexity index is 573. The minimum Gasteiger partial charge on any atom is -0.485 e. The number of rotatable bonds is 4. The molecule has 0 aliphatic heterocycles. The van der Waals surface area contributed by atoms with Gasteiger partial charge in [0.25, 0.3) is 0 Å². The SMILES string of the molecule is NCc1ccc(OCc2ncccn2)c(C(F)(F)F)c1. The number of ether oxygens (including phenoxy) is 1. The number of halogens is 3. The lowest BCUT2D eigenvalue weighted by molar-refractivity contribution is -0.139. The Morgan fingerprint density at radius 3 is 2.45 bits per heavy atom. The summed E-state index contributed by atoms with van der Waals surface area (Å²) in [6.07, 6.45) is -1.51. The number of hydrogen-bond donors (Lipinski definition) is 1. The first-order valence-electron chi connectivity index (χ1n) is 5.79. The fourth-order valence-corrected chi connectivity index (χ4v) is 1.60. The van der Waals surface area contributed by atoms with Gasteiger partial charge in [-0.2, -0.15) is 13.2 Å². The summed E-state index contributed by atoms with van der Waals surface area (Å²) in [5, 5.41) is 0. The van der Waals surface area contributed by atoms with Crippen LogP contribution >= 0.6 is 0 Å². The molecule has 0 saturated heterocycles. The highest BCUT2D eigenvalue weighted by Crippen LogP contribution is 2.37. The van der Waals surface area contributed by atoms with Crippen molar-refractivity contribution in [2.45, 2.75) is 19.3 Å². The van der Waals surface area contributed by atoms with Gasteiger partial charge in [-0.25, -0.2) is 9.97 Å². The summed E-state index contributed by atoms with van der Waals surface area (Å²) in [6.45, 7) is -0.100. The van der Waals surface area contributed by atoms with Crippen molar-refractivity contribution in [3.63, 3.8) is 0 Å². The highest BCUT2D eigenvalue weighted by atomic mass is 19.4. The van der Waals surface area contributed by atoms with Crippen LogP contribution < -0.4 is 10.5 Å². The summed E-state index contributed by atoms with van der Waals surface area (Å²) in [4.78, 5) is 7.76. The summed E-state index contributed by atoms with van der Waals surface area (Å²) in [7, 11) is 0. The first kappa shape index (κ1) is 14.3. The Morgan fingerprint density at radius 1 is 1.15 bits per heavy atom. The van der Waals surface area contributed by atoms with Gasteiger partial charge in [0, 0.05) is 18.9 Å².